The van der Waals surface area contributed by atoms with Crippen LogP contribution in [0.25, 0.3) is 5.95 Å². The van der Waals surface area contributed by atoms with Gasteiger partial charge in [0.15, 0.2) is 0 Å². The predicted molar refractivity (Wildman–Crippen MR) is 72.2 cm³/mol. The van der Waals surface area contributed by atoms with Crippen LogP contribution in [0, 0.1) is 0 Å². The summed E-state index contributed by atoms with van der Waals surface area (Å²) < 4.78 is 12.0. The van der Waals surface area contributed by atoms with Gasteiger partial charge in [-0.15, -0.1) is 0 Å². The largest absolute Gasteiger partial charge is 0.497 e. The van der Waals surface area contributed by atoms with Crippen LogP contribution in [0.3, 0.4) is 0 Å². The number of methoxy groups -OCH3 is 1. The molecule has 0 spiro atoms. The summed E-state index contributed by atoms with van der Waals surface area (Å²) in [6.07, 6.45) is 2.81. The lowest BCUT2D eigenvalue weighted by atomic mass is 10.3. The minimum Gasteiger partial charge on any atom is -0.497 e. The highest BCUT2D eigenvalue weighted by Crippen LogP contribution is 2.23. The minimum absolute atomic E-state index is 0.0217. The molecule has 3 aromatic rings. The Morgan fingerprint density at radius 1 is 1.14 bits per heavy atom. The third-order valence-electron chi connectivity index (χ3n) is 2.49. The second-order valence-electron chi connectivity index (χ2n) is 3.90. The van der Waals surface area contributed by atoms with E-state index in [1.165, 1.54) is 17.3 Å². The average molecular weight is 285 g/mol. The molecular weight excluding hydrogens is 274 g/mol. The summed E-state index contributed by atoms with van der Waals surface area (Å²) in [5, 5.41) is 3.92. The van der Waals surface area contributed by atoms with E-state index < -0.39 is 0 Å². The van der Waals surface area contributed by atoms with Crippen LogP contribution in [-0.4, -0.2) is 36.8 Å². The van der Waals surface area contributed by atoms with Crippen LogP contribution in [0.4, 0.5) is 5.95 Å². The lowest BCUT2D eigenvalue weighted by molar-refractivity contribution is 0.403. The van der Waals surface area contributed by atoms with E-state index in [0.717, 1.165) is 0 Å². The standard InChI is InChI=1S/C12H11N7O2/c1-20-8-3-2-4-9(5-8)21-12-17-10(13)16-11(18-12)19-7-14-6-15-19/h2-7H,1H3,(H2,13,16,17,18). The van der Waals surface area contributed by atoms with Gasteiger partial charge in [-0.3, -0.25) is 0 Å². The third-order valence-corrected chi connectivity index (χ3v) is 2.49. The number of nitrogen functional groups attached to an aromatic ring is 1. The topological polar surface area (TPSA) is 114 Å². The van der Waals surface area contributed by atoms with Crippen molar-refractivity contribution in [3.63, 3.8) is 0 Å². The van der Waals surface area contributed by atoms with Gasteiger partial charge in [0.25, 0.3) is 5.95 Å². The molecule has 0 atom stereocenters. The molecule has 0 radical (unpaired) electrons. The van der Waals surface area contributed by atoms with E-state index in [9.17, 15) is 0 Å². The number of hydrogen-bond acceptors (Lipinski definition) is 8. The Bertz CT molecular complexity index is 745. The van der Waals surface area contributed by atoms with Crippen molar-refractivity contribution in [3.05, 3.63) is 36.9 Å². The highest BCUT2D eigenvalue weighted by atomic mass is 16.5. The lowest BCUT2D eigenvalue weighted by Gasteiger charge is -2.07. The molecule has 0 amide bonds. The summed E-state index contributed by atoms with van der Waals surface area (Å²) in [5.41, 5.74) is 5.65. The van der Waals surface area contributed by atoms with E-state index in [2.05, 4.69) is 25.0 Å². The molecule has 0 unspecified atom stereocenters. The van der Waals surface area contributed by atoms with Crippen LogP contribution in [0.5, 0.6) is 17.5 Å². The smallest absolute Gasteiger partial charge is 0.328 e. The van der Waals surface area contributed by atoms with Crippen molar-refractivity contribution < 1.29 is 9.47 Å². The van der Waals surface area contributed by atoms with Crippen molar-refractivity contribution in [2.75, 3.05) is 12.8 Å². The highest BCUT2D eigenvalue weighted by Gasteiger charge is 2.09. The highest BCUT2D eigenvalue weighted by molar-refractivity contribution is 5.35. The van der Waals surface area contributed by atoms with Crippen molar-refractivity contribution in [3.8, 4) is 23.5 Å². The molecule has 0 fully saturated rings. The van der Waals surface area contributed by atoms with Crippen LogP contribution in [0.15, 0.2) is 36.9 Å². The van der Waals surface area contributed by atoms with Gasteiger partial charge in [0.1, 0.15) is 24.2 Å². The van der Waals surface area contributed by atoms with Crippen molar-refractivity contribution in [2.45, 2.75) is 0 Å². The van der Waals surface area contributed by atoms with Gasteiger partial charge in [-0.05, 0) is 12.1 Å². The molecule has 0 aliphatic rings. The van der Waals surface area contributed by atoms with Gasteiger partial charge in [-0.2, -0.15) is 24.7 Å². The second-order valence-corrected chi connectivity index (χ2v) is 3.90. The quantitative estimate of drug-likeness (QED) is 0.749. The number of anilines is 1. The SMILES string of the molecule is COc1cccc(Oc2nc(N)nc(-n3cncn3)n2)c1. The zero-order chi connectivity index (χ0) is 14.7. The number of aromatic nitrogens is 6. The lowest BCUT2D eigenvalue weighted by Crippen LogP contribution is -2.07. The molecular formula is C12H11N7O2. The molecule has 0 aliphatic carbocycles. The first-order chi connectivity index (χ1) is 10.2. The monoisotopic (exact) mass is 285 g/mol. The first-order valence-electron chi connectivity index (χ1n) is 5.93. The first kappa shape index (κ1) is 12.8. The molecule has 106 valence electrons. The van der Waals surface area contributed by atoms with Crippen molar-refractivity contribution in [1.29, 1.82) is 0 Å². The van der Waals surface area contributed by atoms with Gasteiger partial charge in [0.05, 0.1) is 7.11 Å². The van der Waals surface area contributed by atoms with Crippen molar-refractivity contribution in [2.24, 2.45) is 0 Å². The molecule has 21 heavy (non-hydrogen) atoms. The zero-order valence-corrected chi connectivity index (χ0v) is 11.0. The number of ether oxygens (including phenoxy) is 2. The van der Waals surface area contributed by atoms with Crippen molar-refractivity contribution >= 4 is 5.95 Å². The molecule has 1 aromatic carbocycles. The Kier molecular flexibility index (Phi) is 3.29. The van der Waals surface area contributed by atoms with Gasteiger partial charge in [0.2, 0.25) is 5.95 Å². The number of nitrogens with zero attached hydrogens (tertiary/aromatic N) is 6. The average Bonchev–Trinajstić information content (AvgIpc) is 3.01. The summed E-state index contributed by atoms with van der Waals surface area (Å²) >= 11 is 0. The number of benzene rings is 1. The summed E-state index contributed by atoms with van der Waals surface area (Å²) in [7, 11) is 1.57. The minimum atomic E-state index is 0.0217. The fourth-order valence-corrected chi connectivity index (χ4v) is 1.59. The maximum Gasteiger partial charge on any atom is 0.328 e. The van der Waals surface area contributed by atoms with Gasteiger partial charge < -0.3 is 15.2 Å². The van der Waals surface area contributed by atoms with E-state index in [1.807, 2.05) is 0 Å². The van der Waals surface area contributed by atoms with Gasteiger partial charge >= 0.3 is 6.01 Å². The Hall–Kier alpha value is -3.23. The zero-order valence-electron chi connectivity index (χ0n) is 11.0. The van der Waals surface area contributed by atoms with E-state index >= 15 is 0 Å². The van der Waals surface area contributed by atoms with Crippen LogP contribution >= 0.6 is 0 Å². The summed E-state index contributed by atoms with van der Waals surface area (Å²) in [4.78, 5) is 15.8. The van der Waals surface area contributed by atoms with Crippen LogP contribution in [0.2, 0.25) is 0 Å². The van der Waals surface area contributed by atoms with Crippen LogP contribution < -0.4 is 15.2 Å². The molecule has 2 aromatic heterocycles. The molecule has 0 aliphatic heterocycles. The Balaban J connectivity index is 1.91. The van der Waals surface area contributed by atoms with Gasteiger partial charge in [-0.1, -0.05) is 6.07 Å². The summed E-state index contributed by atoms with van der Waals surface area (Å²) in [6.45, 7) is 0. The fourth-order valence-electron chi connectivity index (χ4n) is 1.59. The van der Waals surface area contributed by atoms with E-state index in [0.29, 0.717) is 11.5 Å². The summed E-state index contributed by atoms with van der Waals surface area (Å²) in [5.74, 6) is 1.42. The maximum atomic E-state index is 5.65. The van der Waals surface area contributed by atoms with E-state index in [1.54, 1.807) is 31.4 Å². The van der Waals surface area contributed by atoms with Crippen LogP contribution in [-0.2, 0) is 0 Å². The number of nitrogens with two attached hydrogens (primary N) is 1. The Morgan fingerprint density at radius 2 is 2.00 bits per heavy atom. The molecule has 2 heterocycles. The van der Waals surface area contributed by atoms with Gasteiger partial charge in [0, 0.05) is 6.07 Å². The van der Waals surface area contributed by atoms with E-state index in [4.69, 9.17) is 15.2 Å². The molecule has 3 rings (SSSR count). The second kappa shape index (κ2) is 5.41. The van der Waals surface area contributed by atoms with Gasteiger partial charge in [-0.25, -0.2) is 4.98 Å². The molecule has 0 saturated heterocycles. The van der Waals surface area contributed by atoms with Crippen molar-refractivity contribution in [1.82, 2.24) is 29.7 Å². The maximum absolute atomic E-state index is 5.65. The van der Waals surface area contributed by atoms with E-state index in [-0.39, 0.29) is 17.9 Å². The number of rotatable bonds is 4. The van der Waals surface area contributed by atoms with Crippen LogP contribution in [0.1, 0.15) is 0 Å². The number of hydrogen-bond donors (Lipinski definition) is 1. The third kappa shape index (κ3) is 2.86. The normalized spacial score (nSPS) is 10.3. The Labute approximate surface area is 119 Å². The molecule has 2 N–H and O–H groups in total. The first-order valence-corrected chi connectivity index (χ1v) is 5.93. The fraction of sp³-hybridized carbons (Fsp3) is 0.0833. The summed E-state index contributed by atoms with van der Waals surface area (Å²) in [6, 6.07) is 7.10. The molecule has 0 bridgehead atoms. The predicted octanol–water partition coefficient (Wildman–Crippen LogP) is 0.835. The molecule has 9 nitrogen and oxygen atoms in total. The molecule has 0 saturated carbocycles. The Morgan fingerprint density at radius 3 is 2.76 bits per heavy atom. The molecule has 9 heteroatoms.